The minimum Gasteiger partial charge on any atom is -0.497 e. The lowest BCUT2D eigenvalue weighted by molar-refractivity contribution is -0.117. The highest BCUT2D eigenvalue weighted by Crippen LogP contribution is 2.29. The van der Waals surface area contributed by atoms with Crippen LogP contribution in [0.1, 0.15) is 18.4 Å². The molecule has 1 amide bonds. The van der Waals surface area contributed by atoms with Gasteiger partial charge in [-0.1, -0.05) is 24.3 Å². The van der Waals surface area contributed by atoms with Crippen molar-refractivity contribution in [1.82, 2.24) is 4.90 Å². The topological polar surface area (TPSA) is 65.4 Å². The summed E-state index contributed by atoms with van der Waals surface area (Å²) >= 11 is 1.43. The van der Waals surface area contributed by atoms with Crippen molar-refractivity contribution in [2.75, 3.05) is 24.7 Å². The van der Waals surface area contributed by atoms with E-state index in [1.807, 2.05) is 48.5 Å². The molecule has 3 rings (SSSR count). The minimum atomic E-state index is -0.0274. The maximum Gasteiger partial charge on any atom is 0.238 e. The molecule has 0 unspecified atom stereocenters. The predicted octanol–water partition coefficient (Wildman–Crippen LogP) is 3.91. The molecule has 0 radical (unpaired) electrons. The zero-order valence-electron chi connectivity index (χ0n) is 15.4. The molecule has 1 aliphatic carbocycles. The maximum absolute atomic E-state index is 12.6. The van der Waals surface area contributed by atoms with Gasteiger partial charge >= 0.3 is 0 Å². The lowest BCUT2D eigenvalue weighted by Crippen LogP contribution is -2.34. The molecule has 0 aliphatic heterocycles. The Balaban J connectivity index is 1.61. The zero-order chi connectivity index (χ0) is 19.1. The molecule has 2 aromatic carbocycles. The van der Waals surface area contributed by atoms with E-state index in [2.05, 4.69) is 16.3 Å². The largest absolute Gasteiger partial charge is 0.497 e. The maximum atomic E-state index is 12.6. The number of thioether (sulfide) groups is 1. The molecule has 0 heterocycles. The lowest BCUT2D eigenvalue weighted by Gasteiger charge is -2.22. The molecule has 0 saturated heterocycles. The van der Waals surface area contributed by atoms with Crippen LogP contribution in [0.2, 0.25) is 0 Å². The second-order valence-electron chi connectivity index (χ2n) is 6.48. The highest BCUT2D eigenvalue weighted by atomic mass is 32.2. The Morgan fingerprint density at radius 2 is 2.00 bits per heavy atom. The van der Waals surface area contributed by atoms with E-state index in [1.165, 1.54) is 17.3 Å². The van der Waals surface area contributed by atoms with Crippen molar-refractivity contribution < 1.29 is 9.53 Å². The number of carbonyl (C=O) groups excluding carboxylic acids is 1. The van der Waals surface area contributed by atoms with Crippen LogP contribution in [0.5, 0.6) is 5.75 Å². The number of para-hydroxylation sites is 1. The van der Waals surface area contributed by atoms with Gasteiger partial charge in [-0.2, -0.15) is 5.26 Å². The molecule has 0 bridgehead atoms. The highest BCUT2D eigenvalue weighted by molar-refractivity contribution is 7.99. The van der Waals surface area contributed by atoms with E-state index in [0.717, 1.165) is 35.7 Å². The number of nitrogens with zero attached hydrogens (tertiary/aromatic N) is 2. The van der Waals surface area contributed by atoms with E-state index in [0.29, 0.717) is 18.3 Å². The molecular formula is C21H23N3O2S. The Kier molecular flexibility index (Phi) is 6.74. The summed E-state index contributed by atoms with van der Waals surface area (Å²) < 4.78 is 5.20. The molecule has 0 aromatic heterocycles. The van der Waals surface area contributed by atoms with Gasteiger partial charge in [0.2, 0.25) is 5.91 Å². The van der Waals surface area contributed by atoms with E-state index < -0.39 is 0 Å². The summed E-state index contributed by atoms with van der Waals surface area (Å²) in [5.74, 6) is 1.17. The van der Waals surface area contributed by atoms with E-state index in [-0.39, 0.29) is 5.91 Å². The van der Waals surface area contributed by atoms with Crippen molar-refractivity contribution in [3.8, 4) is 11.8 Å². The number of rotatable bonds is 9. The van der Waals surface area contributed by atoms with Crippen LogP contribution >= 0.6 is 11.8 Å². The molecule has 1 saturated carbocycles. The fraction of sp³-hybridized carbons (Fsp3) is 0.333. The second-order valence-corrected chi connectivity index (χ2v) is 7.49. The van der Waals surface area contributed by atoms with Gasteiger partial charge in [-0.05, 0) is 42.7 Å². The van der Waals surface area contributed by atoms with E-state index in [1.54, 1.807) is 7.11 Å². The number of benzene rings is 2. The second kappa shape index (κ2) is 9.45. The summed E-state index contributed by atoms with van der Waals surface area (Å²) in [6.07, 6.45) is 2.27. The van der Waals surface area contributed by atoms with E-state index in [4.69, 9.17) is 10.00 Å². The first kappa shape index (κ1) is 19.3. The number of hydrogen-bond donors (Lipinski definition) is 1. The third kappa shape index (κ3) is 5.75. The molecule has 140 valence electrons. The van der Waals surface area contributed by atoms with Crippen LogP contribution in [0, 0.1) is 11.3 Å². The van der Waals surface area contributed by atoms with Gasteiger partial charge in [-0.15, -0.1) is 11.8 Å². The van der Waals surface area contributed by atoms with Crippen LogP contribution in [-0.2, 0) is 11.3 Å². The fourth-order valence-electron chi connectivity index (χ4n) is 2.90. The third-order valence-corrected chi connectivity index (χ3v) is 5.35. The number of ether oxygens (including phenoxy) is 1. The number of nitriles is 1. The Hall–Kier alpha value is -2.49. The molecule has 6 heteroatoms. The average Bonchev–Trinajstić information content (AvgIpc) is 3.52. The molecule has 1 N–H and O–H groups in total. The van der Waals surface area contributed by atoms with Gasteiger partial charge in [0.15, 0.2) is 0 Å². The van der Waals surface area contributed by atoms with Crippen molar-refractivity contribution in [3.05, 3.63) is 54.1 Å². The van der Waals surface area contributed by atoms with Crippen molar-refractivity contribution >= 4 is 23.4 Å². The predicted molar refractivity (Wildman–Crippen MR) is 108 cm³/mol. The van der Waals surface area contributed by atoms with Gasteiger partial charge in [0.05, 0.1) is 31.2 Å². The van der Waals surface area contributed by atoms with E-state index in [9.17, 15) is 4.79 Å². The summed E-state index contributed by atoms with van der Waals surface area (Å²) in [5.41, 5.74) is 1.93. The molecule has 2 aromatic rings. The molecule has 1 fully saturated rings. The quantitative estimate of drug-likeness (QED) is 0.667. The van der Waals surface area contributed by atoms with Crippen molar-refractivity contribution in [2.45, 2.75) is 30.3 Å². The third-order valence-electron chi connectivity index (χ3n) is 4.41. The number of hydrogen-bond acceptors (Lipinski definition) is 5. The molecule has 5 nitrogen and oxygen atoms in total. The first-order valence-electron chi connectivity index (χ1n) is 8.95. The summed E-state index contributed by atoms with van der Waals surface area (Å²) in [6.45, 7) is 1.10. The molecule has 0 atom stereocenters. The number of carbonyl (C=O) groups is 1. The van der Waals surface area contributed by atoms with Crippen LogP contribution in [0.15, 0.2) is 53.4 Å². The first-order chi connectivity index (χ1) is 13.2. The van der Waals surface area contributed by atoms with Crippen LogP contribution in [0.4, 0.5) is 5.69 Å². The SMILES string of the molecule is COc1ccc(CN(CC(=O)Nc2ccccc2SCC#N)C2CC2)cc1. The molecule has 1 aliphatic rings. The van der Waals surface area contributed by atoms with Crippen LogP contribution < -0.4 is 10.1 Å². The standard InChI is InChI=1S/C21H23N3O2S/c1-26-18-10-6-16(7-11-18)14-24(17-8-9-17)15-21(25)23-19-4-2-3-5-20(19)27-13-12-22/h2-7,10-11,17H,8-9,13-15H2,1H3,(H,23,25). The van der Waals surface area contributed by atoms with Gasteiger partial charge in [0.1, 0.15) is 5.75 Å². The Morgan fingerprint density at radius 3 is 2.67 bits per heavy atom. The number of anilines is 1. The van der Waals surface area contributed by atoms with Crippen LogP contribution in [-0.4, -0.2) is 36.3 Å². The van der Waals surface area contributed by atoms with Gasteiger partial charge in [0, 0.05) is 17.5 Å². The van der Waals surface area contributed by atoms with Gasteiger partial charge in [0.25, 0.3) is 0 Å². The van der Waals surface area contributed by atoms with E-state index >= 15 is 0 Å². The number of amides is 1. The first-order valence-corrected chi connectivity index (χ1v) is 9.94. The summed E-state index contributed by atoms with van der Waals surface area (Å²) in [4.78, 5) is 15.8. The smallest absolute Gasteiger partial charge is 0.238 e. The van der Waals surface area contributed by atoms with Crippen molar-refractivity contribution in [1.29, 1.82) is 5.26 Å². The van der Waals surface area contributed by atoms with Crippen LogP contribution in [0.3, 0.4) is 0 Å². The van der Waals surface area contributed by atoms with Crippen molar-refractivity contribution in [3.63, 3.8) is 0 Å². The molecular weight excluding hydrogens is 358 g/mol. The number of methoxy groups -OCH3 is 1. The van der Waals surface area contributed by atoms with Crippen LogP contribution in [0.25, 0.3) is 0 Å². The molecule has 0 spiro atoms. The zero-order valence-corrected chi connectivity index (χ0v) is 16.2. The average molecular weight is 382 g/mol. The molecule has 27 heavy (non-hydrogen) atoms. The fourth-order valence-corrected chi connectivity index (χ4v) is 3.57. The summed E-state index contributed by atoms with van der Waals surface area (Å²) in [6, 6.07) is 18.2. The van der Waals surface area contributed by atoms with Crippen molar-refractivity contribution in [2.24, 2.45) is 0 Å². The monoisotopic (exact) mass is 381 g/mol. The highest BCUT2D eigenvalue weighted by Gasteiger charge is 2.30. The lowest BCUT2D eigenvalue weighted by atomic mass is 10.2. The Morgan fingerprint density at radius 1 is 1.26 bits per heavy atom. The Bertz CT molecular complexity index is 813. The minimum absolute atomic E-state index is 0.0274. The van der Waals surface area contributed by atoms with Gasteiger partial charge in [-0.25, -0.2) is 0 Å². The normalized spacial score (nSPS) is 13.2. The number of nitrogens with one attached hydrogen (secondary N) is 1. The Labute approximate surface area is 164 Å². The van der Waals surface area contributed by atoms with Gasteiger partial charge in [-0.3, -0.25) is 9.69 Å². The van der Waals surface area contributed by atoms with Gasteiger partial charge < -0.3 is 10.1 Å². The summed E-state index contributed by atoms with van der Waals surface area (Å²) in [7, 11) is 1.66. The summed E-state index contributed by atoms with van der Waals surface area (Å²) in [5, 5.41) is 11.8.